The highest BCUT2D eigenvalue weighted by Crippen LogP contribution is 2.17. The SMILES string of the molecule is O=C(Cc1ccc(F)cc1)Nc1cnn(CC(=O)NC2CCCC2)c1. The molecule has 2 aromatic rings. The zero-order valence-corrected chi connectivity index (χ0v) is 13.9. The Balaban J connectivity index is 1.48. The van der Waals surface area contributed by atoms with Crippen molar-refractivity contribution in [1.82, 2.24) is 15.1 Å². The predicted octanol–water partition coefficient (Wildman–Crippen LogP) is 2.26. The number of nitrogens with one attached hydrogen (secondary N) is 2. The van der Waals surface area contributed by atoms with Gasteiger partial charge in [-0.1, -0.05) is 25.0 Å². The van der Waals surface area contributed by atoms with Gasteiger partial charge in [0.25, 0.3) is 0 Å². The lowest BCUT2D eigenvalue weighted by molar-refractivity contribution is -0.122. The van der Waals surface area contributed by atoms with E-state index in [4.69, 9.17) is 0 Å². The number of hydrogen-bond donors (Lipinski definition) is 2. The van der Waals surface area contributed by atoms with E-state index in [-0.39, 0.29) is 36.6 Å². The Bertz CT molecular complexity index is 736. The van der Waals surface area contributed by atoms with Gasteiger partial charge in [-0.25, -0.2) is 4.39 Å². The number of carbonyl (C=O) groups excluding carboxylic acids is 2. The Hall–Kier alpha value is -2.70. The second kappa shape index (κ2) is 7.92. The van der Waals surface area contributed by atoms with Gasteiger partial charge in [-0.05, 0) is 30.5 Å². The van der Waals surface area contributed by atoms with E-state index in [9.17, 15) is 14.0 Å². The van der Waals surface area contributed by atoms with Gasteiger partial charge in [0.05, 0.1) is 18.3 Å². The molecule has 1 aliphatic rings. The maximum absolute atomic E-state index is 12.9. The Morgan fingerprint density at radius 3 is 2.60 bits per heavy atom. The van der Waals surface area contributed by atoms with Crippen molar-refractivity contribution in [2.24, 2.45) is 0 Å². The first-order valence-electron chi connectivity index (χ1n) is 8.44. The largest absolute Gasteiger partial charge is 0.352 e. The molecule has 6 nitrogen and oxygen atoms in total. The number of aromatic nitrogens is 2. The molecule has 2 N–H and O–H groups in total. The van der Waals surface area contributed by atoms with Crippen LogP contribution < -0.4 is 10.6 Å². The lowest BCUT2D eigenvalue weighted by Gasteiger charge is -2.11. The summed E-state index contributed by atoms with van der Waals surface area (Å²) < 4.78 is 14.4. The van der Waals surface area contributed by atoms with Crippen LogP contribution in [0.2, 0.25) is 0 Å². The van der Waals surface area contributed by atoms with Crippen LogP contribution in [0, 0.1) is 5.82 Å². The molecule has 25 heavy (non-hydrogen) atoms. The number of nitrogens with zero attached hydrogens (tertiary/aromatic N) is 2. The first-order chi connectivity index (χ1) is 12.1. The Kier molecular flexibility index (Phi) is 5.42. The van der Waals surface area contributed by atoms with Crippen molar-refractivity contribution >= 4 is 17.5 Å². The van der Waals surface area contributed by atoms with Crippen LogP contribution in [0.1, 0.15) is 31.2 Å². The van der Waals surface area contributed by atoms with Gasteiger partial charge < -0.3 is 10.6 Å². The number of anilines is 1. The van der Waals surface area contributed by atoms with Crippen LogP contribution in [-0.4, -0.2) is 27.6 Å². The van der Waals surface area contributed by atoms with Crippen molar-refractivity contribution < 1.29 is 14.0 Å². The average molecular weight is 344 g/mol. The lowest BCUT2D eigenvalue weighted by atomic mass is 10.1. The van der Waals surface area contributed by atoms with Gasteiger partial charge in [0.15, 0.2) is 0 Å². The summed E-state index contributed by atoms with van der Waals surface area (Å²) in [5.41, 5.74) is 1.25. The highest BCUT2D eigenvalue weighted by Gasteiger charge is 2.17. The van der Waals surface area contributed by atoms with Crippen LogP contribution in [0.15, 0.2) is 36.7 Å². The Morgan fingerprint density at radius 1 is 1.16 bits per heavy atom. The fourth-order valence-electron chi connectivity index (χ4n) is 3.00. The molecule has 1 fully saturated rings. The molecule has 0 atom stereocenters. The lowest BCUT2D eigenvalue weighted by Crippen LogP contribution is -2.35. The topological polar surface area (TPSA) is 76.0 Å². The minimum atomic E-state index is -0.332. The van der Waals surface area contributed by atoms with Crippen LogP contribution in [-0.2, 0) is 22.6 Å². The molecular formula is C18H21FN4O2. The van der Waals surface area contributed by atoms with Crippen LogP contribution in [0.4, 0.5) is 10.1 Å². The summed E-state index contributed by atoms with van der Waals surface area (Å²) in [6.45, 7) is 0.129. The fourth-order valence-corrected chi connectivity index (χ4v) is 3.00. The number of halogens is 1. The van der Waals surface area contributed by atoms with Crippen LogP contribution in [0.5, 0.6) is 0 Å². The van der Waals surface area contributed by atoms with Gasteiger partial charge in [-0.2, -0.15) is 5.10 Å². The third-order valence-electron chi connectivity index (χ3n) is 4.22. The molecule has 0 unspecified atom stereocenters. The fraction of sp³-hybridized carbons (Fsp3) is 0.389. The molecule has 0 spiro atoms. The van der Waals surface area contributed by atoms with Crippen molar-refractivity contribution in [3.8, 4) is 0 Å². The maximum atomic E-state index is 12.9. The molecule has 7 heteroatoms. The number of benzene rings is 1. The van der Waals surface area contributed by atoms with Crippen molar-refractivity contribution in [2.45, 2.75) is 44.7 Å². The van der Waals surface area contributed by atoms with Gasteiger partial charge in [0, 0.05) is 12.2 Å². The van der Waals surface area contributed by atoms with E-state index in [1.165, 1.54) is 23.0 Å². The summed E-state index contributed by atoms with van der Waals surface area (Å²) in [7, 11) is 0. The monoisotopic (exact) mass is 344 g/mol. The minimum absolute atomic E-state index is 0.0702. The molecule has 1 aliphatic carbocycles. The molecule has 1 saturated carbocycles. The summed E-state index contributed by atoms with van der Waals surface area (Å²) in [6.07, 6.45) is 7.68. The summed E-state index contributed by atoms with van der Waals surface area (Å²) in [6, 6.07) is 6.07. The normalized spacial score (nSPS) is 14.4. The molecule has 0 saturated heterocycles. The van der Waals surface area contributed by atoms with E-state index in [1.807, 2.05) is 0 Å². The van der Waals surface area contributed by atoms with Gasteiger partial charge in [0.2, 0.25) is 11.8 Å². The van der Waals surface area contributed by atoms with E-state index in [0.29, 0.717) is 5.69 Å². The highest BCUT2D eigenvalue weighted by atomic mass is 19.1. The van der Waals surface area contributed by atoms with E-state index in [0.717, 1.165) is 31.2 Å². The second-order valence-corrected chi connectivity index (χ2v) is 6.33. The molecule has 1 aromatic heterocycles. The summed E-state index contributed by atoms with van der Waals surface area (Å²) in [4.78, 5) is 24.0. The smallest absolute Gasteiger partial charge is 0.241 e. The van der Waals surface area contributed by atoms with Gasteiger partial charge in [-0.3, -0.25) is 14.3 Å². The summed E-state index contributed by atoms with van der Waals surface area (Å²) in [5, 5.41) is 9.81. The van der Waals surface area contributed by atoms with Crippen LogP contribution >= 0.6 is 0 Å². The Labute approximate surface area is 145 Å². The standard InChI is InChI=1S/C18H21FN4O2/c19-14-7-5-13(6-8-14)9-17(24)22-16-10-20-23(11-16)12-18(25)21-15-3-1-2-4-15/h5-8,10-11,15H,1-4,9,12H2,(H,21,25)(H,22,24). The molecule has 3 rings (SSSR count). The third-order valence-corrected chi connectivity index (χ3v) is 4.22. The highest BCUT2D eigenvalue weighted by molar-refractivity contribution is 5.92. The maximum Gasteiger partial charge on any atom is 0.241 e. The molecule has 0 bridgehead atoms. The van der Waals surface area contributed by atoms with Crippen LogP contribution in [0.25, 0.3) is 0 Å². The van der Waals surface area contributed by atoms with Crippen molar-refractivity contribution in [3.05, 3.63) is 48.0 Å². The van der Waals surface area contributed by atoms with Gasteiger partial charge in [-0.15, -0.1) is 0 Å². The van der Waals surface area contributed by atoms with Gasteiger partial charge in [0.1, 0.15) is 12.4 Å². The minimum Gasteiger partial charge on any atom is -0.352 e. The Morgan fingerprint density at radius 2 is 1.88 bits per heavy atom. The average Bonchev–Trinajstić information content (AvgIpc) is 3.22. The molecule has 0 aliphatic heterocycles. The third kappa shape index (κ3) is 5.14. The number of amides is 2. The molecule has 132 valence electrons. The number of carbonyl (C=O) groups is 2. The van der Waals surface area contributed by atoms with Crippen LogP contribution in [0.3, 0.4) is 0 Å². The van der Waals surface area contributed by atoms with Crippen molar-refractivity contribution in [3.63, 3.8) is 0 Å². The molecule has 1 aromatic carbocycles. The number of rotatable bonds is 6. The predicted molar refractivity (Wildman–Crippen MR) is 91.4 cm³/mol. The zero-order valence-electron chi connectivity index (χ0n) is 13.9. The van der Waals surface area contributed by atoms with E-state index >= 15 is 0 Å². The molecule has 1 heterocycles. The molecule has 0 radical (unpaired) electrons. The van der Waals surface area contributed by atoms with E-state index < -0.39 is 0 Å². The van der Waals surface area contributed by atoms with Gasteiger partial charge >= 0.3 is 0 Å². The quantitative estimate of drug-likeness (QED) is 0.844. The van der Waals surface area contributed by atoms with Crippen molar-refractivity contribution in [1.29, 1.82) is 0 Å². The summed E-state index contributed by atoms with van der Waals surface area (Å²) in [5.74, 6) is -0.623. The first kappa shape index (κ1) is 17.1. The molecular weight excluding hydrogens is 323 g/mol. The first-order valence-corrected chi connectivity index (χ1v) is 8.44. The second-order valence-electron chi connectivity index (χ2n) is 6.33. The molecule has 2 amide bonds. The zero-order chi connectivity index (χ0) is 17.6. The van der Waals surface area contributed by atoms with E-state index in [2.05, 4.69) is 15.7 Å². The van der Waals surface area contributed by atoms with Crippen molar-refractivity contribution in [2.75, 3.05) is 5.32 Å². The number of hydrogen-bond acceptors (Lipinski definition) is 3. The summed E-state index contributed by atoms with van der Waals surface area (Å²) >= 11 is 0. The van der Waals surface area contributed by atoms with E-state index in [1.54, 1.807) is 18.3 Å².